The third kappa shape index (κ3) is 6.75. The van der Waals surface area contributed by atoms with E-state index in [1.165, 1.54) is 0 Å². The van der Waals surface area contributed by atoms with Crippen LogP contribution in [0.25, 0.3) is 0 Å². The fraction of sp³-hybridized carbons (Fsp3) is 0.923. The van der Waals surface area contributed by atoms with Gasteiger partial charge >= 0.3 is 6.03 Å². The van der Waals surface area contributed by atoms with Gasteiger partial charge in [-0.3, -0.25) is 4.90 Å². The van der Waals surface area contributed by atoms with Crippen molar-refractivity contribution in [2.24, 2.45) is 11.7 Å². The molecular weight excluding hydrogens is 244 g/mol. The molecule has 0 aromatic carbocycles. The minimum Gasteiger partial charge on any atom is -0.379 e. The highest BCUT2D eigenvalue weighted by molar-refractivity contribution is 5.73. The van der Waals surface area contributed by atoms with Crippen molar-refractivity contribution in [3.8, 4) is 0 Å². The predicted molar refractivity (Wildman–Crippen MR) is 76.1 cm³/mol. The molecule has 0 saturated carbocycles. The maximum absolute atomic E-state index is 11.6. The summed E-state index contributed by atoms with van der Waals surface area (Å²) in [6.45, 7) is 9.73. The van der Waals surface area contributed by atoms with Crippen LogP contribution in [0.3, 0.4) is 0 Å². The lowest BCUT2D eigenvalue weighted by Crippen LogP contribution is -2.47. The quantitative estimate of drug-likeness (QED) is 0.609. The van der Waals surface area contributed by atoms with Crippen molar-refractivity contribution >= 4 is 6.03 Å². The molecule has 6 nitrogen and oxygen atoms in total. The summed E-state index contributed by atoms with van der Waals surface area (Å²) >= 11 is 0. The predicted octanol–water partition coefficient (Wildman–Crippen LogP) is -0.00880. The van der Waals surface area contributed by atoms with Crippen molar-refractivity contribution in [1.82, 2.24) is 15.5 Å². The van der Waals surface area contributed by atoms with Crippen molar-refractivity contribution in [2.75, 3.05) is 45.9 Å². The summed E-state index contributed by atoms with van der Waals surface area (Å²) in [5.74, 6) is 0.425. The first-order valence-corrected chi connectivity index (χ1v) is 7.20. The molecule has 1 aliphatic heterocycles. The molecule has 1 saturated heterocycles. The smallest absolute Gasteiger partial charge is 0.314 e. The zero-order valence-corrected chi connectivity index (χ0v) is 12.2. The van der Waals surface area contributed by atoms with Crippen LogP contribution in [-0.2, 0) is 4.74 Å². The number of carbonyl (C=O) groups excluding carboxylic acids is 1. The van der Waals surface area contributed by atoms with Gasteiger partial charge in [0.2, 0.25) is 0 Å². The first kappa shape index (κ1) is 16.2. The Morgan fingerprint density at radius 1 is 1.37 bits per heavy atom. The Morgan fingerprint density at radius 3 is 2.68 bits per heavy atom. The normalized spacial score (nSPS) is 19.7. The fourth-order valence-corrected chi connectivity index (χ4v) is 1.93. The van der Waals surface area contributed by atoms with E-state index in [0.717, 1.165) is 39.3 Å². The lowest BCUT2D eigenvalue weighted by molar-refractivity contribution is 0.0387. The van der Waals surface area contributed by atoms with Gasteiger partial charge in [0.05, 0.1) is 13.2 Å². The summed E-state index contributed by atoms with van der Waals surface area (Å²) in [5, 5.41) is 5.67. The maximum atomic E-state index is 11.6. The number of amides is 2. The van der Waals surface area contributed by atoms with E-state index >= 15 is 0 Å². The molecule has 1 fully saturated rings. The van der Waals surface area contributed by atoms with Crippen LogP contribution in [0.5, 0.6) is 0 Å². The third-order valence-electron chi connectivity index (χ3n) is 3.69. The Kier molecular flexibility index (Phi) is 7.78. The van der Waals surface area contributed by atoms with Crippen LogP contribution >= 0.6 is 0 Å². The first-order valence-electron chi connectivity index (χ1n) is 7.20. The number of urea groups is 1. The number of hydrogen-bond acceptors (Lipinski definition) is 4. The van der Waals surface area contributed by atoms with Crippen molar-refractivity contribution < 1.29 is 9.53 Å². The van der Waals surface area contributed by atoms with Gasteiger partial charge in [-0.1, -0.05) is 20.3 Å². The summed E-state index contributed by atoms with van der Waals surface area (Å²) in [6, 6.07) is -0.109. The maximum Gasteiger partial charge on any atom is 0.314 e. The SMILES string of the molecule is CCC(C)[C@H](N)CNC(=O)NCCN1CCOCC1. The lowest BCUT2D eigenvalue weighted by Gasteiger charge is -2.26. The number of morpholine rings is 1. The van der Waals surface area contributed by atoms with E-state index in [1.54, 1.807) is 0 Å². The second-order valence-electron chi connectivity index (χ2n) is 5.14. The van der Waals surface area contributed by atoms with Crippen molar-refractivity contribution in [3.63, 3.8) is 0 Å². The van der Waals surface area contributed by atoms with Crippen LogP contribution in [0.15, 0.2) is 0 Å². The molecule has 1 aliphatic rings. The van der Waals surface area contributed by atoms with Crippen LogP contribution in [0.4, 0.5) is 4.79 Å². The first-order chi connectivity index (χ1) is 9.13. The molecule has 0 radical (unpaired) electrons. The number of carbonyl (C=O) groups is 1. The second-order valence-corrected chi connectivity index (χ2v) is 5.14. The molecule has 112 valence electrons. The van der Waals surface area contributed by atoms with Gasteiger partial charge in [0.15, 0.2) is 0 Å². The number of nitrogens with two attached hydrogens (primary N) is 1. The molecule has 1 rings (SSSR count). The Morgan fingerprint density at radius 2 is 2.05 bits per heavy atom. The van der Waals surface area contributed by atoms with E-state index in [2.05, 4.69) is 29.4 Å². The van der Waals surface area contributed by atoms with Crippen LogP contribution in [0, 0.1) is 5.92 Å². The number of hydrogen-bond donors (Lipinski definition) is 3. The molecule has 0 aromatic rings. The number of rotatable bonds is 7. The minimum absolute atomic E-state index is 0.0231. The van der Waals surface area contributed by atoms with Crippen LogP contribution in [0.2, 0.25) is 0 Å². The van der Waals surface area contributed by atoms with E-state index in [4.69, 9.17) is 10.5 Å². The molecule has 0 aliphatic carbocycles. The summed E-state index contributed by atoms with van der Waals surface area (Å²) in [5.41, 5.74) is 5.96. The monoisotopic (exact) mass is 272 g/mol. The van der Waals surface area contributed by atoms with Gasteiger partial charge < -0.3 is 21.1 Å². The van der Waals surface area contributed by atoms with Gasteiger partial charge in [-0.05, 0) is 5.92 Å². The lowest BCUT2D eigenvalue weighted by atomic mass is 10.0. The Bertz CT molecular complexity index is 257. The number of nitrogens with one attached hydrogen (secondary N) is 2. The molecule has 4 N–H and O–H groups in total. The van der Waals surface area contributed by atoms with E-state index < -0.39 is 0 Å². The van der Waals surface area contributed by atoms with Gasteiger partial charge in [0, 0.05) is 38.8 Å². The standard InChI is InChI=1S/C13H28N4O2/c1-3-11(2)12(14)10-16-13(18)15-4-5-17-6-8-19-9-7-17/h11-12H,3-10,14H2,1-2H3,(H2,15,16,18)/t11?,12-/m1/s1. The summed E-state index contributed by atoms with van der Waals surface area (Å²) < 4.78 is 5.27. The zero-order chi connectivity index (χ0) is 14.1. The van der Waals surface area contributed by atoms with Crippen LogP contribution < -0.4 is 16.4 Å². The molecule has 0 bridgehead atoms. The highest BCUT2D eigenvalue weighted by atomic mass is 16.5. The Hall–Kier alpha value is -0.850. The molecule has 6 heteroatoms. The van der Waals surface area contributed by atoms with E-state index in [9.17, 15) is 4.79 Å². The largest absolute Gasteiger partial charge is 0.379 e. The minimum atomic E-state index is -0.132. The van der Waals surface area contributed by atoms with Crippen molar-refractivity contribution in [2.45, 2.75) is 26.3 Å². The Labute approximate surface area is 116 Å². The van der Waals surface area contributed by atoms with Crippen LogP contribution in [-0.4, -0.2) is 62.9 Å². The molecule has 0 aromatic heterocycles. The van der Waals surface area contributed by atoms with Gasteiger partial charge in [-0.15, -0.1) is 0 Å². The summed E-state index contributed by atoms with van der Waals surface area (Å²) in [7, 11) is 0. The average molecular weight is 272 g/mol. The molecule has 1 unspecified atom stereocenters. The van der Waals surface area contributed by atoms with E-state index in [-0.39, 0.29) is 12.1 Å². The van der Waals surface area contributed by atoms with Gasteiger partial charge in [-0.2, -0.15) is 0 Å². The van der Waals surface area contributed by atoms with Gasteiger partial charge in [0.25, 0.3) is 0 Å². The zero-order valence-electron chi connectivity index (χ0n) is 12.2. The van der Waals surface area contributed by atoms with E-state index in [0.29, 0.717) is 19.0 Å². The second kappa shape index (κ2) is 9.12. The highest BCUT2D eigenvalue weighted by Gasteiger charge is 2.12. The molecule has 1 heterocycles. The van der Waals surface area contributed by atoms with Crippen molar-refractivity contribution in [1.29, 1.82) is 0 Å². The molecule has 0 spiro atoms. The topological polar surface area (TPSA) is 79.6 Å². The number of ether oxygens (including phenoxy) is 1. The molecule has 2 amide bonds. The molecule has 2 atom stereocenters. The molecule has 19 heavy (non-hydrogen) atoms. The van der Waals surface area contributed by atoms with Gasteiger partial charge in [0.1, 0.15) is 0 Å². The fourth-order valence-electron chi connectivity index (χ4n) is 1.93. The summed E-state index contributed by atoms with van der Waals surface area (Å²) in [6.07, 6.45) is 1.03. The van der Waals surface area contributed by atoms with Gasteiger partial charge in [-0.25, -0.2) is 4.79 Å². The third-order valence-corrected chi connectivity index (χ3v) is 3.69. The highest BCUT2D eigenvalue weighted by Crippen LogP contribution is 2.03. The molecular formula is C13H28N4O2. The van der Waals surface area contributed by atoms with E-state index in [1.807, 2.05) is 0 Å². The average Bonchev–Trinajstić information content (AvgIpc) is 2.45. The van der Waals surface area contributed by atoms with Crippen LogP contribution in [0.1, 0.15) is 20.3 Å². The van der Waals surface area contributed by atoms with Crippen molar-refractivity contribution in [3.05, 3.63) is 0 Å². The summed E-state index contributed by atoms with van der Waals surface area (Å²) in [4.78, 5) is 13.9. The Balaban J connectivity index is 2.04. The number of nitrogens with zero attached hydrogens (tertiary/aromatic N) is 1.